The van der Waals surface area contributed by atoms with Gasteiger partial charge < -0.3 is 24.4 Å². The van der Waals surface area contributed by atoms with Gasteiger partial charge in [-0.1, -0.05) is 6.07 Å². The molecule has 0 aromatic heterocycles. The fourth-order valence-electron chi connectivity index (χ4n) is 4.51. The molecule has 0 fully saturated rings. The Morgan fingerprint density at radius 3 is 2.30 bits per heavy atom. The van der Waals surface area contributed by atoms with Gasteiger partial charge in [0.2, 0.25) is 11.2 Å². The number of nitrogens with two attached hydrogens (primary N) is 1. The molecule has 0 saturated carbocycles. The summed E-state index contributed by atoms with van der Waals surface area (Å²) in [6.45, 7) is 5.71. The first-order chi connectivity index (χ1) is 14.5. The Bertz CT molecular complexity index is 970. The lowest BCUT2D eigenvalue weighted by molar-refractivity contribution is -0.670. The maximum absolute atomic E-state index is 13.2. The minimum absolute atomic E-state index is 0.0506. The molecule has 6 nitrogen and oxygen atoms in total. The summed E-state index contributed by atoms with van der Waals surface area (Å²) >= 11 is 0. The minimum Gasteiger partial charge on any atom is -0.493 e. The summed E-state index contributed by atoms with van der Waals surface area (Å²) in [7, 11) is 6.96. The van der Waals surface area contributed by atoms with E-state index in [4.69, 9.17) is 14.2 Å². The van der Waals surface area contributed by atoms with Crippen LogP contribution < -0.4 is 29.9 Å². The first kappa shape index (κ1) is 22.0. The van der Waals surface area contributed by atoms with Crippen molar-refractivity contribution >= 4 is 5.69 Å². The molecule has 162 valence electrons. The molecular weight excluding hydrogens is 380 g/mol. The fourth-order valence-corrected chi connectivity index (χ4v) is 4.51. The number of fused-ring (bicyclic) bond motifs is 3. The molecule has 1 aliphatic rings. The molecule has 0 radical (unpaired) electrons. The molecule has 2 aromatic rings. The van der Waals surface area contributed by atoms with Crippen LogP contribution in [0.2, 0.25) is 0 Å². The van der Waals surface area contributed by atoms with Crippen LogP contribution in [0.1, 0.15) is 37.4 Å². The lowest BCUT2D eigenvalue weighted by atomic mass is 9.95. The van der Waals surface area contributed by atoms with Gasteiger partial charge in [-0.15, -0.1) is 0 Å². The van der Waals surface area contributed by atoms with Gasteiger partial charge in [0, 0.05) is 30.6 Å². The first-order valence-corrected chi connectivity index (χ1v) is 10.6. The third-order valence-corrected chi connectivity index (χ3v) is 6.07. The number of hydrogen-bond donors (Lipinski definition) is 1. The second-order valence-electron chi connectivity index (χ2n) is 7.43. The van der Waals surface area contributed by atoms with Crippen LogP contribution in [0, 0.1) is 0 Å². The summed E-state index contributed by atoms with van der Waals surface area (Å²) < 4.78 is 17.1. The number of rotatable bonds is 7. The molecular formula is C24H33N2O4+. The highest BCUT2D eigenvalue weighted by atomic mass is 16.5. The van der Waals surface area contributed by atoms with Gasteiger partial charge in [-0.3, -0.25) is 4.79 Å². The Labute approximate surface area is 178 Å². The zero-order valence-corrected chi connectivity index (χ0v) is 18.9. The van der Waals surface area contributed by atoms with Gasteiger partial charge in [0.1, 0.15) is 6.04 Å². The largest absolute Gasteiger partial charge is 0.493 e. The van der Waals surface area contributed by atoms with Crippen molar-refractivity contribution < 1.29 is 19.5 Å². The van der Waals surface area contributed by atoms with Crippen molar-refractivity contribution in [1.82, 2.24) is 0 Å². The highest BCUT2D eigenvalue weighted by Gasteiger charge is 2.30. The predicted molar refractivity (Wildman–Crippen MR) is 120 cm³/mol. The Morgan fingerprint density at radius 1 is 1.03 bits per heavy atom. The molecule has 0 saturated heterocycles. The van der Waals surface area contributed by atoms with Crippen molar-refractivity contribution in [3.8, 4) is 28.4 Å². The topological polar surface area (TPSA) is 64.6 Å². The molecule has 30 heavy (non-hydrogen) atoms. The second-order valence-corrected chi connectivity index (χ2v) is 7.43. The van der Waals surface area contributed by atoms with Gasteiger partial charge in [-0.25, -0.2) is 0 Å². The number of anilines is 1. The molecule has 2 aromatic carbocycles. The molecule has 0 aliphatic heterocycles. The van der Waals surface area contributed by atoms with Crippen LogP contribution in [0.25, 0.3) is 11.1 Å². The molecule has 0 heterocycles. The minimum atomic E-state index is 0.0506. The maximum Gasteiger partial charge on any atom is 0.203 e. The van der Waals surface area contributed by atoms with Crippen LogP contribution in [-0.2, 0) is 6.42 Å². The Kier molecular flexibility index (Phi) is 6.87. The van der Waals surface area contributed by atoms with Gasteiger partial charge in [0.15, 0.2) is 11.5 Å². The van der Waals surface area contributed by atoms with E-state index in [1.807, 2.05) is 18.2 Å². The Hall–Kier alpha value is -2.73. The van der Waals surface area contributed by atoms with Gasteiger partial charge >= 0.3 is 0 Å². The standard InChI is InChI=1S/C24H32N2O4/c1-7-26(8-2)19-12-10-16-17(14-20(19)27)18(25-3)11-9-15-13-21(28-4)23(29-5)24(30-6)22(15)16/h10,12-14,18,25H,7-9,11H2,1-6H3/p+1/t18-/m1/s1. The van der Waals surface area contributed by atoms with Crippen molar-refractivity contribution in [3.63, 3.8) is 0 Å². The number of quaternary nitrogens is 1. The van der Waals surface area contributed by atoms with Gasteiger partial charge in [-0.2, -0.15) is 0 Å². The van der Waals surface area contributed by atoms with E-state index in [2.05, 4.69) is 37.2 Å². The summed E-state index contributed by atoms with van der Waals surface area (Å²) in [5, 5.41) is 2.18. The molecule has 1 atom stereocenters. The van der Waals surface area contributed by atoms with Crippen molar-refractivity contribution in [2.75, 3.05) is 46.4 Å². The number of methoxy groups -OCH3 is 3. The monoisotopic (exact) mass is 413 g/mol. The average molecular weight is 414 g/mol. The number of hydrogen-bond acceptors (Lipinski definition) is 5. The molecule has 6 heteroatoms. The van der Waals surface area contributed by atoms with Crippen molar-refractivity contribution in [2.45, 2.75) is 32.7 Å². The number of nitrogens with zero attached hydrogens (tertiary/aromatic N) is 1. The van der Waals surface area contributed by atoms with Crippen molar-refractivity contribution in [2.24, 2.45) is 0 Å². The average Bonchev–Trinajstić information content (AvgIpc) is 3.01. The van der Waals surface area contributed by atoms with E-state index in [0.717, 1.165) is 53.9 Å². The van der Waals surface area contributed by atoms with Gasteiger partial charge in [-0.05, 0) is 49.6 Å². The van der Waals surface area contributed by atoms with Gasteiger partial charge in [0.05, 0.1) is 34.1 Å². The number of benzene rings is 1. The molecule has 2 N–H and O–H groups in total. The maximum atomic E-state index is 13.2. The predicted octanol–water partition coefficient (Wildman–Crippen LogP) is 2.77. The van der Waals surface area contributed by atoms with E-state index in [1.54, 1.807) is 21.3 Å². The van der Waals surface area contributed by atoms with E-state index < -0.39 is 0 Å². The lowest BCUT2D eigenvalue weighted by Gasteiger charge is -2.19. The Balaban J connectivity index is 2.40. The quantitative estimate of drug-likeness (QED) is 0.756. The summed E-state index contributed by atoms with van der Waals surface area (Å²) in [6, 6.07) is 8.05. The first-order valence-electron chi connectivity index (χ1n) is 10.6. The summed E-state index contributed by atoms with van der Waals surface area (Å²) in [6.07, 6.45) is 1.77. The van der Waals surface area contributed by atoms with Gasteiger partial charge in [0.25, 0.3) is 0 Å². The summed E-state index contributed by atoms with van der Waals surface area (Å²) in [5.41, 5.74) is 4.94. The van der Waals surface area contributed by atoms with E-state index in [9.17, 15) is 4.79 Å². The van der Waals surface area contributed by atoms with Crippen LogP contribution in [0.4, 0.5) is 5.69 Å². The normalized spacial score (nSPS) is 14.9. The van der Waals surface area contributed by atoms with Crippen molar-refractivity contribution in [1.29, 1.82) is 0 Å². The fraction of sp³-hybridized carbons (Fsp3) is 0.458. The summed E-state index contributed by atoms with van der Waals surface area (Å²) in [4.78, 5) is 15.3. The number of aryl methyl sites for hydroxylation is 1. The van der Waals surface area contributed by atoms with Crippen molar-refractivity contribution in [3.05, 3.63) is 45.6 Å². The highest BCUT2D eigenvalue weighted by Crippen LogP contribution is 2.49. The van der Waals surface area contributed by atoms with Crippen LogP contribution in [0.3, 0.4) is 0 Å². The molecule has 1 aliphatic carbocycles. The third-order valence-electron chi connectivity index (χ3n) is 6.07. The van der Waals surface area contributed by atoms with Crippen LogP contribution >= 0.6 is 0 Å². The smallest absolute Gasteiger partial charge is 0.203 e. The van der Waals surface area contributed by atoms with E-state index in [-0.39, 0.29) is 11.5 Å². The Morgan fingerprint density at radius 2 is 1.73 bits per heavy atom. The third kappa shape index (κ3) is 3.72. The number of ether oxygens (including phenoxy) is 3. The zero-order chi connectivity index (χ0) is 21.8. The van der Waals surface area contributed by atoms with Crippen LogP contribution in [-0.4, -0.2) is 41.5 Å². The molecule has 3 rings (SSSR count). The zero-order valence-electron chi connectivity index (χ0n) is 18.9. The van der Waals surface area contributed by atoms with E-state index >= 15 is 0 Å². The molecule has 0 amide bonds. The molecule has 0 bridgehead atoms. The SMILES string of the molecule is CCN(CC)c1ccc2c(cc1=O)[C@H]([NH2+]C)CCc1cc(OC)c(OC)c(OC)c1-2. The second kappa shape index (κ2) is 9.39. The lowest BCUT2D eigenvalue weighted by Crippen LogP contribution is -2.81. The molecule has 0 spiro atoms. The summed E-state index contributed by atoms with van der Waals surface area (Å²) in [5.74, 6) is 1.87. The highest BCUT2D eigenvalue weighted by molar-refractivity contribution is 5.82. The van der Waals surface area contributed by atoms with E-state index in [1.165, 1.54) is 0 Å². The van der Waals surface area contributed by atoms with E-state index in [0.29, 0.717) is 17.2 Å². The molecule has 0 unspecified atom stereocenters. The van der Waals surface area contributed by atoms with Crippen LogP contribution in [0.5, 0.6) is 17.2 Å². The van der Waals surface area contributed by atoms with Crippen LogP contribution in [0.15, 0.2) is 29.1 Å².